The summed E-state index contributed by atoms with van der Waals surface area (Å²) in [6, 6.07) is 0.762. The third kappa shape index (κ3) is 2.48. The van der Waals surface area contributed by atoms with Gasteiger partial charge in [-0.25, -0.2) is 0 Å². The number of likely N-dealkylation sites (tertiary alicyclic amines) is 1. The molecule has 0 spiro atoms. The molecular formula is C12H24N2. The lowest BCUT2D eigenvalue weighted by Crippen LogP contribution is -2.45. The van der Waals surface area contributed by atoms with Crippen LogP contribution in [-0.4, -0.2) is 37.6 Å². The highest BCUT2D eigenvalue weighted by atomic mass is 15.1. The molecule has 0 aromatic heterocycles. The highest BCUT2D eigenvalue weighted by Gasteiger charge is 2.40. The van der Waals surface area contributed by atoms with Gasteiger partial charge in [-0.05, 0) is 51.1 Å². The molecule has 1 aliphatic heterocycles. The second kappa shape index (κ2) is 4.19. The molecule has 0 bridgehead atoms. The summed E-state index contributed by atoms with van der Waals surface area (Å²) >= 11 is 0. The van der Waals surface area contributed by atoms with E-state index in [1.165, 1.54) is 51.7 Å². The van der Waals surface area contributed by atoms with E-state index in [4.69, 9.17) is 0 Å². The van der Waals surface area contributed by atoms with E-state index in [0.717, 1.165) is 6.04 Å². The van der Waals surface area contributed by atoms with Crippen LogP contribution in [0.5, 0.6) is 0 Å². The fourth-order valence-electron chi connectivity index (χ4n) is 2.53. The predicted molar refractivity (Wildman–Crippen MR) is 60.5 cm³/mol. The van der Waals surface area contributed by atoms with Crippen LogP contribution in [0, 0.1) is 5.41 Å². The Morgan fingerprint density at radius 1 is 1.43 bits per heavy atom. The minimum Gasteiger partial charge on any atom is -0.312 e. The zero-order chi connectivity index (χ0) is 10.0. The molecule has 2 rings (SSSR count). The normalized spacial score (nSPS) is 31.7. The lowest BCUT2D eigenvalue weighted by Gasteiger charge is -2.31. The summed E-state index contributed by atoms with van der Waals surface area (Å²) in [5.41, 5.74) is 0.704. The van der Waals surface area contributed by atoms with Crippen LogP contribution in [0.4, 0.5) is 0 Å². The predicted octanol–water partition coefficient (Wildman–Crippen LogP) is 1.86. The number of hydrogen-bond acceptors (Lipinski definition) is 2. The van der Waals surface area contributed by atoms with Gasteiger partial charge in [-0.1, -0.05) is 6.92 Å². The van der Waals surface area contributed by atoms with Crippen molar-refractivity contribution in [1.82, 2.24) is 10.2 Å². The largest absolute Gasteiger partial charge is 0.312 e. The van der Waals surface area contributed by atoms with Gasteiger partial charge in [0.05, 0.1) is 0 Å². The van der Waals surface area contributed by atoms with E-state index in [-0.39, 0.29) is 0 Å². The molecule has 1 aliphatic carbocycles. The van der Waals surface area contributed by atoms with Crippen LogP contribution in [0.25, 0.3) is 0 Å². The maximum absolute atomic E-state index is 3.76. The van der Waals surface area contributed by atoms with Crippen molar-refractivity contribution in [3.63, 3.8) is 0 Å². The molecule has 14 heavy (non-hydrogen) atoms. The maximum atomic E-state index is 3.76. The molecule has 2 aliphatic rings. The zero-order valence-electron chi connectivity index (χ0n) is 9.68. The second-order valence-electron chi connectivity index (χ2n) is 5.34. The molecule has 2 nitrogen and oxygen atoms in total. The number of hydrogen-bond donors (Lipinski definition) is 1. The van der Waals surface area contributed by atoms with Crippen LogP contribution >= 0.6 is 0 Å². The van der Waals surface area contributed by atoms with Gasteiger partial charge in [-0.2, -0.15) is 0 Å². The van der Waals surface area contributed by atoms with Gasteiger partial charge in [0.25, 0.3) is 0 Å². The van der Waals surface area contributed by atoms with Crippen molar-refractivity contribution in [3.8, 4) is 0 Å². The average molecular weight is 196 g/mol. The molecule has 1 heterocycles. The van der Waals surface area contributed by atoms with Gasteiger partial charge >= 0.3 is 0 Å². The molecule has 2 fully saturated rings. The number of nitrogens with zero attached hydrogens (tertiary/aromatic N) is 1. The van der Waals surface area contributed by atoms with Crippen molar-refractivity contribution >= 4 is 0 Å². The Labute approximate surface area is 88.1 Å². The van der Waals surface area contributed by atoms with E-state index < -0.39 is 0 Å². The van der Waals surface area contributed by atoms with Crippen molar-refractivity contribution in [3.05, 3.63) is 0 Å². The Bertz CT molecular complexity index is 187. The molecule has 0 aromatic carbocycles. The van der Waals surface area contributed by atoms with Gasteiger partial charge in [-0.3, -0.25) is 0 Å². The third-order valence-corrected chi connectivity index (χ3v) is 4.10. The van der Waals surface area contributed by atoms with E-state index in [1.807, 2.05) is 0 Å². The number of nitrogens with one attached hydrogen (secondary N) is 1. The minimum absolute atomic E-state index is 0.704. The van der Waals surface area contributed by atoms with Crippen LogP contribution in [0.15, 0.2) is 0 Å². The first kappa shape index (κ1) is 10.4. The first-order valence-corrected chi connectivity index (χ1v) is 6.16. The van der Waals surface area contributed by atoms with Gasteiger partial charge in [-0.15, -0.1) is 0 Å². The number of rotatable bonds is 4. The smallest absolute Gasteiger partial charge is 0.0195 e. The molecule has 0 radical (unpaired) electrons. The van der Waals surface area contributed by atoms with Crippen LogP contribution in [0.3, 0.4) is 0 Å². The second-order valence-corrected chi connectivity index (χ2v) is 5.34. The molecule has 2 heteroatoms. The summed E-state index contributed by atoms with van der Waals surface area (Å²) in [5.74, 6) is 0. The average Bonchev–Trinajstić information content (AvgIpc) is 2.96. The van der Waals surface area contributed by atoms with Gasteiger partial charge in [0.15, 0.2) is 0 Å². The van der Waals surface area contributed by atoms with Crippen LogP contribution in [0.1, 0.15) is 39.0 Å². The van der Waals surface area contributed by atoms with Crippen LogP contribution < -0.4 is 5.32 Å². The fraction of sp³-hybridized carbons (Fsp3) is 1.00. The zero-order valence-corrected chi connectivity index (χ0v) is 9.68. The summed E-state index contributed by atoms with van der Waals surface area (Å²) in [6.07, 6.45) is 7.03. The van der Waals surface area contributed by atoms with Crippen LogP contribution in [0.2, 0.25) is 0 Å². The Morgan fingerprint density at radius 2 is 2.21 bits per heavy atom. The lowest BCUT2D eigenvalue weighted by molar-refractivity contribution is 0.219. The first-order valence-electron chi connectivity index (χ1n) is 6.16. The molecule has 1 saturated carbocycles. The molecule has 1 unspecified atom stereocenters. The quantitative estimate of drug-likeness (QED) is 0.738. The fourth-order valence-corrected chi connectivity index (χ4v) is 2.53. The Morgan fingerprint density at radius 3 is 2.79 bits per heavy atom. The SMILES string of the molecule is CCC1(CNC2CCCN(C)C2)CC1. The molecule has 1 saturated heterocycles. The van der Waals surface area contributed by atoms with Gasteiger partial charge in [0, 0.05) is 19.1 Å². The van der Waals surface area contributed by atoms with Crippen molar-refractivity contribution in [2.75, 3.05) is 26.7 Å². The highest BCUT2D eigenvalue weighted by Crippen LogP contribution is 2.47. The molecular weight excluding hydrogens is 172 g/mol. The lowest BCUT2D eigenvalue weighted by atomic mass is 10.0. The molecule has 0 aromatic rings. The van der Waals surface area contributed by atoms with Gasteiger partial charge in [0.1, 0.15) is 0 Å². The van der Waals surface area contributed by atoms with Crippen molar-refractivity contribution < 1.29 is 0 Å². The maximum Gasteiger partial charge on any atom is 0.0195 e. The third-order valence-electron chi connectivity index (χ3n) is 4.10. The number of likely N-dealkylation sites (N-methyl/N-ethyl adjacent to an activating group) is 1. The summed E-state index contributed by atoms with van der Waals surface area (Å²) in [4.78, 5) is 2.45. The standard InChI is InChI=1S/C12H24N2/c1-3-12(6-7-12)10-13-11-5-4-8-14(2)9-11/h11,13H,3-10H2,1-2H3. The van der Waals surface area contributed by atoms with Gasteiger partial charge in [0.2, 0.25) is 0 Å². The minimum atomic E-state index is 0.704. The molecule has 1 N–H and O–H groups in total. The summed E-state index contributed by atoms with van der Waals surface area (Å²) in [6.45, 7) is 6.14. The van der Waals surface area contributed by atoms with E-state index in [9.17, 15) is 0 Å². The van der Waals surface area contributed by atoms with E-state index in [2.05, 4.69) is 24.2 Å². The number of piperidine rings is 1. The van der Waals surface area contributed by atoms with E-state index in [1.54, 1.807) is 0 Å². The summed E-state index contributed by atoms with van der Waals surface area (Å²) in [5, 5.41) is 3.76. The van der Waals surface area contributed by atoms with E-state index >= 15 is 0 Å². The highest BCUT2D eigenvalue weighted by molar-refractivity contribution is 4.94. The Kier molecular flexibility index (Phi) is 3.13. The molecule has 82 valence electrons. The van der Waals surface area contributed by atoms with E-state index in [0.29, 0.717) is 5.41 Å². The summed E-state index contributed by atoms with van der Waals surface area (Å²) < 4.78 is 0. The monoisotopic (exact) mass is 196 g/mol. The van der Waals surface area contributed by atoms with Crippen molar-refractivity contribution in [2.24, 2.45) is 5.41 Å². The van der Waals surface area contributed by atoms with Gasteiger partial charge < -0.3 is 10.2 Å². The van der Waals surface area contributed by atoms with Crippen molar-refractivity contribution in [2.45, 2.75) is 45.1 Å². The first-order chi connectivity index (χ1) is 6.74. The topological polar surface area (TPSA) is 15.3 Å². The molecule has 1 atom stereocenters. The van der Waals surface area contributed by atoms with Crippen LogP contribution in [-0.2, 0) is 0 Å². The molecule has 0 amide bonds. The Balaban J connectivity index is 1.69. The summed E-state index contributed by atoms with van der Waals surface area (Å²) in [7, 11) is 2.24. The Hall–Kier alpha value is -0.0800. The van der Waals surface area contributed by atoms with Crippen molar-refractivity contribution in [1.29, 1.82) is 0 Å².